The Morgan fingerprint density at radius 1 is 1.11 bits per heavy atom. The minimum absolute atomic E-state index is 0.0713. The molecule has 0 aliphatic carbocycles. The first-order valence-electron chi connectivity index (χ1n) is 8.23. The second-order valence-corrected chi connectivity index (χ2v) is 5.86. The maximum Gasteiger partial charge on any atom is 0.387 e. The van der Waals surface area contributed by atoms with Gasteiger partial charge in [-0.15, -0.1) is 0 Å². The zero-order valence-electron chi connectivity index (χ0n) is 14.5. The average Bonchev–Trinajstić information content (AvgIpc) is 2.65. The summed E-state index contributed by atoms with van der Waals surface area (Å²) in [5, 5.41) is 2.70. The highest BCUT2D eigenvalue weighted by Crippen LogP contribution is 2.27. The largest absolute Gasteiger partial charge is 0.435 e. The molecule has 7 heteroatoms. The molecule has 0 spiro atoms. The molecule has 1 amide bonds. The van der Waals surface area contributed by atoms with Crippen molar-refractivity contribution < 1.29 is 18.3 Å². The second kappa shape index (κ2) is 8.35. The van der Waals surface area contributed by atoms with E-state index in [9.17, 15) is 13.6 Å². The number of benzene rings is 2. The molecule has 0 saturated carbocycles. The SMILES string of the molecule is Cc1cnc(C(=O)Nc2ccc(OC(F)F)c(Cc3ccccc3)c2)cn1. The summed E-state index contributed by atoms with van der Waals surface area (Å²) < 4.78 is 30.0. The van der Waals surface area contributed by atoms with Gasteiger partial charge in [-0.1, -0.05) is 30.3 Å². The monoisotopic (exact) mass is 369 g/mol. The van der Waals surface area contributed by atoms with E-state index in [1.54, 1.807) is 13.0 Å². The van der Waals surface area contributed by atoms with Crippen LogP contribution >= 0.6 is 0 Å². The molecule has 0 bridgehead atoms. The molecule has 1 aromatic heterocycles. The summed E-state index contributed by atoms with van der Waals surface area (Å²) in [6.07, 6.45) is 3.26. The van der Waals surface area contributed by atoms with Gasteiger partial charge in [0.2, 0.25) is 0 Å². The smallest absolute Gasteiger partial charge is 0.387 e. The number of nitrogens with zero attached hydrogens (tertiary/aromatic N) is 2. The van der Waals surface area contributed by atoms with E-state index in [4.69, 9.17) is 0 Å². The van der Waals surface area contributed by atoms with Crippen LogP contribution in [0.3, 0.4) is 0 Å². The van der Waals surface area contributed by atoms with Crippen molar-refractivity contribution in [3.05, 3.63) is 83.4 Å². The number of carbonyl (C=O) groups is 1. The zero-order chi connectivity index (χ0) is 19.2. The molecule has 0 radical (unpaired) electrons. The van der Waals surface area contributed by atoms with Crippen molar-refractivity contribution in [3.63, 3.8) is 0 Å². The van der Waals surface area contributed by atoms with E-state index in [-0.39, 0.29) is 11.4 Å². The number of aryl methyl sites for hydroxylation is 1. The van der Waals surface area contributed by atoms with E-state index in [0.717, 1.165) is 5.56 Å². The minimum Gasteiger partial charge on any atom is -0.435 e. The Labute approximate surface area is 155 Å². The van der Waals surface area contributed by atoms with Gasteiger partial charge in [0.25, 0.3) is 5.91 Å². The van der Waals surface area contributed by atoms with Crippen LogP contribution in [0.4, 0.5) is 14.5 Å². The first-order chi connectivity index (χ1) is 13.0. The van der Waals surface area contributed by atoms with Crippen LogP contribution in [-0.2, 0) is 6.42 Å². The molecule has 1 N–H and O–H groups in total. The quantitative estimate of drug-likeness (QED) is 0.706. The molecule has 3 rings (SSSR count). The Bertz CT molecular complexity index is 916. The second-order valence-electron chi connectivity index (χ2n) is 5.86. The van der Waals surface area contributed by atoms with Gasteiger partial charge < -0.3 is 10.1 Å². The number of rotatable bonds is 6. The molecule has 1 heterocycles. The third kappa shape index (κ3) is 5.07. The Hall–Kier alpha value is -3.35. The summed E-state index contributed by atoms with van der Waals surface area (Å²) in [6.45, 7) is -1.16. The molecule has 0 saturated heterocycles. The average molecular weight is 369 g/mol. The number of hydrogen-bond acceptors (Lipinski definition) is 4. The predicted octanol–water partition coefficient (Wildman–Crippen LogP) is 4.23. The highest BCUT2D eigenvalue weighted by molar-refractivity contribution is 6.02. The van der Waals surface area contributed by atoms with Crippen LogP contribution < -0.4 is 10.1 Å². The van der Waals surface area contributed by atoms with Crippen LogP contribution in [-0.4, -0.2) is 22.5 Å². The fourth-order valence-corrected chi connectivity index (χ4v) is 2.53. The van der Waals surface area contributed by atoms with Gasteiger partial charge in [-0.3, -0.25) is 9.78 Å². The molecule has 0 aliphatic heterocycles. The van der Waals surface area contributed by atoms with Gasteiger partial charge in [-0.25, -0.2) is 4.98 Å². The zero-order valence-corrected chi connectivity index (χ0v) is 14.5. The van der Waals surface area contributed by atoms with Crippen molar-refractivity contribution in [3.8, 4) is 5.75 Å². The minimum atomic E-state index is -2.93. The number of alkyl halides is 2. The number of hydrogen-bond donors (Lipinski definition) is 1. The lowest BCUT2D eigenvalue weighted by atomic mass is 10.0. The van der Waals surface area contributed by atoms with Crippen LogP contribution in [0.15, 0.2) is 60.9 Å². The van der Waals surface area contributed by atoms with Gasteiger partial charge in [0.15, 0.2) is 0 Å². The lowest BCUT2D eigenvalue weighted by Gasteiger charge is -2.13. The summed E-state index contributed by atoms with van der Waals surface area (Å²) >= 11 is 0. The number of ether oxygens (including phenoxy) is 1. The van der Waals surface area contributed by atoms with Crippen molar-refractivity contribution in [2.75, 3.05) is 5.32 Å². The molecule has 0 fully saturated rings. The number of nitrogens with one attached hydrogen (secondary N) is 1. The highest BCUT2D eigenvalue weighted by Gasteiger charge is 2.13. The lowest BCUT2D eigenvalue weighted by Crippen LogP contribution is -2.14. The molecular formula is C20H17F2N3O2. The number of amides is 1. The van der Waals surface area contributed by atoms with Gasteiger partial charge >= 0.3 is 6.61 Å². The van der Waals surface area contributed by atoms with Gasteiger partial charge in [-0.05, 0) is 30.7 Å². The van der Waals surface area contributed by atoms with Crippen molar-refractivity contribution in [1.82, 2.24) is 9.97 Å². The molecule has 3 aromatic rings. The lowest BCUT2D eigenvalue weighted by molar-refractivity contribution is -0.0503. The van der Waals surface area contributed by atoms with Crippen LogP contribution in [0.5, 0.6) is 5.75 Å². The van der Waals surface area contributed by atoms with Crippen molar-refractivity contribution >= 4 is 11.6 Å². The number of aromatic nitrogens is 2. The van der Waals surface area contributed by atoms with E-state index in [1.807, 2.05) is 30.3 Å². The van der Waals surface area contributed by atoms with Crippen molar-refractivity contribution in [2.45, 2.75) is 20.0 Å². The van der Waals surface area contributed by atoms with Gasteiger partial charge in [0, 0.05) is 23.9 Å². The first kappa shape index (κ1) is 18.4. The molecule has 138 valence electrons. The van der Waals surface area contributed by atoms with E-state index in [2.05, 4.69) is 20.0 Å². The Morgan fingerprint density at radius 2 is 1.89 bits per heavy atom. The normalized spacial score (nSPS) is 10.7. The Balaban J connectivity index is 1.84. The maximum absolute atomic E-state index is 12.7. The molecule has 0 unspecified atom stereocenters. The fraction of sp³-hybridized carbons (Fsp3) is 0.150. The third-order valence-corrected chi connectivity index (χ3v) is 3.79. The fourth-order valence-electron chi connectivity index (χ4n) is 2.53. The van der Waals surface area contributed by atoms with Crippen molar-refractivity contribution in [2.24, 2.45) is 0 Å². The third-order valence-electron chi connectivity index (χ3n) is 3.79. The van der Waals surface area contributed by atoms with E-state index < -0.39 is 12.5 Å². The number of halogens is 2. The topological polar surface area (TPSA) is 64.1 Å². The van der Waals surface area contributed by atoms with E-state index in [1.165, 1.54) is 24.5 Å². The number of anilines is 1. The molecule has 0 aliphatic rings. The summed E-state index contributed by atoms with van der Waals surface area (Å²) in [4.78, 5) is 20.4. The molecule has 0 atom stereocenters. The standard InChI is InChI=1S/C20H17F2N3O2/c1-13-11-24-17(12-23-13)19(26)25-16-7-8-18(27-20(21)22)15(10-16)9-14-5-3-2-4-6-14/h2-8,10-12,20H,9H2,1H3,(H,25,26). The molecular weight excluding hydrogens is 352 g/mol. The summed E-state index contributed by atoms with van der Waals surface area (Å²) in [5.74, 6) is -0.363. The molecule has 27 heavy (non-hydrogen) atoms. The number of carbonyl (C=O) groups excluding carboxylic acids is 1. The van der Waals surface area contributed by atoms with Crippen LogP contribution in [0.1, 0.15) is 27.3 Å². The first-order valence-corrected chi connectivity index (χ1v) is 8.23. The van der Waals surface area contributed by atoms with Crippen LogP contribution in [0.2, 0.25) is 0 Å². The molecule has 5 nitrogen and oxygen atoms in total. The van der Waals surface area contributed by atoms with Crippen LogP contribution in [0.25, 0.3) is 0 Å². The van der Waals surface area contributed by atoms with Crippen molar-refractivity contribution in [1.29, 1.82) is 0 Å². The van der Waals surface area contributed by atoms with Gasteiger partial charge in [0.1, 0.15) is 11.4 Å². The summed E-state index contributed by atoms with van der Waals surface area (Å²) in [6, 6.07) is 13.9. The summed E-state index contributed by atoms with van der Waals surface area (Å²) in [7, 11) is 0. The van der Waals surface area contributed by atoms with Gasteiger partial charge in [-0.2, -0.15) is 8.78 Å². The predicted molar refractivity (Wildman–Crippen MR) is 97.0 cm³/mol. The Morgan fingerprint density at radius 3 is 2.56 bits per heavy atom. The maximum atomic E-state index is 12.7. The Kier molecular flexibility index (Phi) is 5.71. The van der Waals surface area contributed by atoms with E-state index >= 15 is 0 Å². The molecule has 2 aromatic carbocycles. The van der Waals surface area contributed by atoms with E-state index in [0.29, 0.717) is 23.4 Å². The van der Waals surface area contributed by atoms with Crippen LogP contribution in [0, 0.1) is 6.92 Å². The summed E-state index contributed by atoms with van der Waals surface area (Å²) in [5.41, 5.74) is 2.79. The van der Waals surface area contributed by atoms with Gasteiger partial charge in [0.05, 0.1) is 11.9 Å². The highest BCUT2D eigenvalue weighted by atomic mass is 19.3.